The van der Waals surface area contributed by atoms with E-state index in [2.05, 4.69) is 4.99 Å². The summed E-state index contributed by atoms with van der Waals surface area (Å²) in [6.45, 7) is 0. The van der Waals surface area contributed by atoms with Gasteiger partial charge in [-0.2, -0.15) is 13.4 Å². The van der Waals surface area contributed by atoms with Crippen molar-refractivity contribution in [2.24, 2.45) is 10.7 Å². The number of carbonyl (C=O) groups is 1. The molecule has 0 aliphatic carbocycles. The van der Waals surface area contributed by atoms with E-state index >= 15 is 0 Å². The summed E-state index contributed by atoms with van der Waals surface area (Å²) in [7, 11) is -3.67. The third-order valence-electron chi connectivity index (χ3n) is 0.578. The van der Waals surface area contributed by atoms with Crippen LogP contribution in [0.3, 0.4) is 0 Å². The molecular weight excluding hydrogens is 204 g/mol. The van der Waals surface area contributed by atoms with E-state index in [1.807, 2.05) is 0 Å². The summed E-state index contributed by atoms with van der Waals surface area (Å²) in [6.07, 6.45) is 0.715. The average molecular weight is 212 g/mol. The summed E-state index contributed by atoms with van der Waals surface area (Å²) in [5, 5.41) is 0.394. The first-order chi connectivity index (χ1) is 5.29. The number of hydrogen-bond acceptors (Lipinski definition) is 5. The van der Waals surface area contributed by atoms with E-state index < -0.39 is 10.1 Å². The quantitative estimate of drug-likeness (QED) is 0.502. The highest BCUT2D eigenvalue weighted by Crippen LogP contribution is 2.07. The van der Waals surface area contributed by atoms with E-state index in [0.29, 0.717) is 17.2 Å². The average Bonchev–Trinajstić information content (AvgIpc) is 2.09. The molecule has 0 saturated carbocycles. The van der Waals surface area contributed by atoms with Gasteiger partial charge in [0, 0.05) is 0 Å². The van der Waals surface area contributed by atoms with Crippen LogP contribution in [0.25, 0.3) is 0 Å². The molecule has 0 unspecified atom stereocenters. The van der Waals surface area contributed by atoms with E-state index in [-0.39, 0.29) is 5.91 Å². The standard InChI is InChI=1S/C3H4N2OS.CH4O3S/c4-3-5-2(6)1-7-3;1-5(2,3)4/h1H2,(H2,4,5,6);1H3,(H,2,3,4). The van der Waals surface area contributed by atoms with Crippen LogP contribution in [0, 0.1) is 0 Å². The van der Waals surface area contributed by atoms with E-state index in [1.165, 1.54) is 11.8 Å². The first kappa shape index (κ1) is 11.4. The number of rotatable bonds is 0. The van der Waals surface area contributed by atoms with E-state index in [1.54, 1.807) is 0 Å². The van der Waals surface area contributed by atoms with Crippen molar-refractivity contribution < 1.29 is 17.8 Å². The summed E-state index contributed by atoms with van der Waals surface area (Å²) >= 11 is 1.28. The third kappa shape index (κ3) is 9.40. The minimum Gasteiger partial charge on any atom is -0.378 e. The maximum Gasteiger partial charge on any atom is 0.261 e. The third-order valence-corrected chi connectivity index (χ3v) is 1.36. The van der Waals surface area contributed by atoms with E-state index in [9.17, 15) is 13.2 Å². The van der Waals surface area contributed by atoms with Crippen molar-refractivity contribution in [3.05, 3.63) is 0 Å². The lowest BCUT2D eigenvalue weighted by Gasteiger charge is -1.76. The Labute approximate surface area is 74.0 Å². The maximum absolute atomic E-state index is 10.2. The molecular formula is C4H8N2O4S2. The molecule has 0 atom stereocenters. The zero-order chi connectivity index (χ0) is 9.78. The van der Waals surface area contributed by atoms with Crippen molar-refractivity contribution in [3.8, 4) is 0 Å². The Bertz CT molecular complexity index is 286. The zero-order valence-corrected chi connectivity index (χ0v) is 7.85. The second-order valence-electron chi connectivity index (χ2n) is 1.87. The molecule has 6 nitrogen and oxygen atoms in total. The Morgan fingerprint density at radius 3 is 2.17 bits per heavy atom. The van der Waals surface area contributed by atoms with Gasteiger partial charge in [-0.25, -0.2) is 0 Å². The van der Waals surface area contributed by atoms with Gasteiger partial charge in [0.05, 0.1) is 12.0 Å². The molecule has 0 bridgehead atoms. The molecule has 12 heavy (non-hydrogen) atoms. The van der Waals surface area contributed by atoms with Crippen LogP contribution >= 0.6 is 11.8 Å². The molecule has 0 fully saturated rings. The SMILES string of the molecule is CS(=O)(=O)O.NC1=NC(=O)CS1. The minimum absolute atomic E-state index is 0.123. The van der Waals surface area contributed by atoms with Gasteiger partial charge in [0.25, 0.3) is 16.0 Å². The highest BCUT2D eigenvalue weighted by atomic mass is 32.2. The Morgan fingerprint density at radius 1 is 1.67 bits per heavy atom. The van der Waals surface area contributed by atoms with Gasteiger partial charge in [-0.3, -0.25) is 9.35 Å². The number of hydrogen-bond donors (Lipinski definition) is 2. The number of amidine groups is 1. The van der Waals surface area contributed by atoms with E-state index in [0.717, 1.165) is 0 Å². The van der Waals surface area contributed by atoms with Crippen LogP contribution in [-0.2, 0) is 14.9 Å². The highest BCUT2D eigenvalue weighted by Gasteiger charge is 2.09. The van der Waals surface area contributed by atoms with Crippen LogP contribution in [0.15, 0.2) is 4.99 Å². The molecule has 1 rings (SSSR count). The Balaban J connectivity index is 0.000000217. The Morgan fingerprint density at radius 2 is 2.08 bits per heavy atom. The van der Waals surface area contributed by atoms with Gasteiger partial charge < -0.3 is 5.73 Å². The monoisotopic (exact) mass is 212 g/mol. The molecule has 1 aliphatic heterocycles. The van der Waals surface area contributed by atoms with Crippen LogP contribution in [-0.4, -0.2) is 36.1 Å². The highest BCUT2D eigenvalue weighted by molar-refractivity contribution is 8.14. The lowest BCUT2D eigenvalue weighted by atomic mass is 10.7. The van der Waals surface area contributed by atoms with Gasteiger partial charge in [0.15, 0.2) is 5.17 Å². The van der Waals surface area contributed by atoms with Crippen LogP contribution in [0.5, 0.6) is 0 Å². The summed E-state index contributed by atoms with van der Waals surface area (Å²) in [5.41, 5.74) is 5.12. The zero-order valence-electron chi connectivity index (χ0n) is 6.22. The molecule has 1 heterocycles. The van der Waals surface area contributed by atoms with Crippen molar-refractivity contribution in [2.45, 2.75) is 0 Å². The molecule has 0 spiro atoms. The minimum atomic E-state index is -3.67. The molecule has 0 aromatic rings. The normalized spacial score (nSPS) is 16.5. The van der Waals surface area contributed by atoms with Crippen molar-refractivity contribution >= 4 is 33.0 Å². The van der Waals surface area contributed by atoms with Gasteiger partial charge in [-0.05, 0) is 0 Å². The maximum atomic E-state index is 10.2. The molecule has 3 N–H and O–H groups in total. The summed E-state index contributed by atoms with van der Waals surface area (Å²) < 4.78 is 25.9. The number of thioether (sulfide) groups is 1. The van der Waals surface area contributed by atoms with E-state index in [4.69, 9.17) is 10.3 Å². The fourth-order valence-electron chi connectivity index (χ4n) is 0.323. The Hall–Kier alpha value is -0.600. The lowest BCUT2D eigenvalue weighted by molar-refractivity contribution is -0.115. The molecule has 70 valence electrons. The number of nitrogens with zero attached hydrogens (tertiary/aromatic N) is 1. The molecule has 0 radical (unpaired) electrons. The topological polar surface area (TPSA) is 110 Å². The largest absolute Gasteiger partial charge is 0.378 e. The van der Waals surface area contributed by atoms with Crippen molar-refractivity contribution in [3.63, 3.8) is 0 Å². The first-order valence-electron chi connectivity index (χ1n) is 2.71. The number of amides is 1. The van der Waals surface area contributed by atoms with Crippen molar-refractivity contribution in [1.29, 1.82) is 0 Å². The van der Waals surface area contributed by atoms with Crippen LogP contribution < -0.4 is 5.73 Å². The molecule has 1 amide bonds. The summed E-state index contributed by atoms with van der Waals surface area (Å²) in [6, 6.07) is 0. The molecule has 0 saturated heterocycles. The molecule has 0 aromatic heterocycles. The van der Waals surface area contributed by atoms with Crippen LogP contribution in [0.1, 0.15) is 0 Å². The van der Waals surface area contributed by atoms with Gasteiger partial charge in [0.1, 0.15) is 0 Å². The number of aliphatic imine (C=N–C) groups is 1. The van der Waals surface area contributed by atoms with Gasteiger partial charge in [-0.1, -0.05) is 11.8 Å². The second-order valence-corrected chi connectivity index (χ2v) is 4.33. The second kappa shape index (κ2) is 4.43. The molecule has 8 heteroatoms. The fourth-order valence-corrected chi connectivity index (χ4v) is 0.825. The molecule has 0 aromatic carbocycles. The number of nitrogens with two attached hydrogens (primary N) is 1. The van der Waals surface area contributed by atoms with Gasteiger partial charge >= 0.3 is 0 Å². The van der Waals surface area contributed by atoms with Gasteiger partial charge in [0.2, 0.25) is 0 Å². The Kier molecular flexibility index (Phi) is 4.21. The summed E-state index contributed by atoms with van der Waals surface area (Å²) in [4.78, 5) is 13.6. The van der Waals surface area contributed by atoms with Gasteiger partial charge in [-0.15, -0.1) is 0 Å². The van der Waals surface area contributed by atoms with Crippen molar-refractivity contribution in [2.75, 3.05) is 12.0 Å². The lowest BCUT2D eigenvalue weighted by Crippen LogP contribution is -2.01. The number of carbonyl (C=O) groups excluding carboxylic acids is 1. The predicted molar refractivity (Wildman–Crippen MR) is 46.6 cm³/mol. The first-order valence-corrected chi connectivity index (χ1v) is 5.54. The predicted octanol–water partition coefficient (Wildman–Crippen LogP) is -0.921. The fraction of sp³-hybridized carbons (Fsp3) is 0.500. The van der Waals surface area contributed by atoms with Crippen molar-refractivity contribution in [1.82, 2.24) is 0 Å². The van der Waals surface area contributed by atoms with Crippen LogP contribution in [0.4, 0.5) is 0 Å². The summed E-state index contributed by atoms with van der Waals surface area (Å²) in [5.74, 6) is 0.300. The smallest absolute Gasteiger partial charge is 0.261 e. The van der Waals surface area contributed by atoms with Crippen LogP contribution in [0.2, 0.25) is 0 Å². The molecule has 1 aliphatic rings.